The van der Waals surface area contributed by atoms with Gasteiger partial charge in [-0.25, -0.2) is 0 Å². The van der Waals surface area contributed by atoms with Gasteiger partial charge in [0.25, 0.3) is 0 Å². The largest absolute Gasteiger partial charge is 0.425 e. The number of hydrogen-bond donors (Lipinski definition) is 1. The van der Waals surface area contributed by atoms with Crippen molar-refractivity contribution in [3.05, 3.63) is 69.7 Å². The minimum Gasteiger partial charge on any atom is -0.372 e. The summed E-state index contributed by atoms with van der Waals surface area (Å²) < 4.78 is 41.1. The van der Waals surface area contributed by atoms with Crippen molar-refractivity contribution < 1.29 is 18.3 Å². The molecule has 1 N–H and O–H groups in total. The molecule has 20 heavy (non-hydrogen) atoms. The molecular weight excluding hydrogens is 333 g/mol. The van der Waals surface area contributed by atoms with Gasteiger partial charge in [0.2, 0.25) is 5.60 Å². The molecule has 0 heterocycles. The smallest absolute Gasteiger partial charge is 0.372 e. The molecule has 0 aliphatic carbocycles. The van der Waals surface area contributed by atoms with Crippen molar-refractivity contribution in [1.82, 2.24) is 0 Å². The van der Waals surface area contributed by atoms with Gasteiger partial charge in [0.15, 0.2) is 0 Å². The van der Waals surface area contributed by atoms with Crippen LogP contribution in [0.5, 0.6) is 0 Å². The molecule has 1 nitrogen and oxygen atoms in total. The first-order chi connectivity index (χ1) is 9.26. The molecule has 2 rings (SSSR count). The fourth-order valence-corrected chi connectivity index (χ4v) is 2.41. The molecule has 5 heteroatoms. The Labute approximate surface area is 123 Å². The lowest BCUT2D eigenvalue weighted by Gasteiger charge is -2.32. The van der Waals surface area contributed by atoms with Crippen LogP contribution in [0.1, 0.15) is 16.7 Å². The highest BCUT2D eigenvalue weighted by Crippen LogP contribution is 2.45. The van der Waals surface area contributed by atoms with Gasteiger partial charge >= 0.3 is 6.18 Å². The topological polar surface area (TPSA) is 20.2 Å². The summed E-state index contributed by atoms with van der Waals surface area (Å²) in [5.41, 5.74) is -2.99. The van der Waals surface area contributed by atoms with Gasteiger partial charge in [-0.1, -0.05) is 52.3 Å². The van der Waals surface area contributed by atoms with E-state index in [1.807, 2.05) is 0 Å². The minimum absolute atomic E-state index is 0.158. The SMILES string of the molecule is Cc1ccccc1C(O)(c1ccc(Br)cc1)C(F)(F)F. The summed E-state index contributed by atoms with van der Waals surface area (Å²) in [4.78, 5) is 0. The zero-order valence-corrected chi connectivity index (χ0v) is 12.2. The predicted octanol–water partition coefficient (Wildman–Crippen LogP) is 4.56. The first kappa shape index (κ1) is 15.1. The molecule has 0 aliphatic rings. The quantitative estimate of drug-likeness (QED) is 0.846. The Balaban J connectivity index is 2.70. The van der Waals surface area contributed by atoms with E-state index in [0.717, 1.165) is 0 Å². The van der Waals surface area contributed by atoms with Gasteiger partial charge in [-0.15, -0.1) is 0 Å². The molecule has 0 aromatic heterocycles. The Kier molecular flexibility index (Phi) is 3.93. The average Bonchev–Trinajstić information content (AvgIpc) is 2.38. The summed E-state index contributed by atoms with van der Waals surface area (Å²) in [5, 5.41) is 10.4. The molecule has 0 amide bonds. The Morgan fingerprint density at radius 1 is 0.950 bits per heavy atom. The van der Waals surface area contributed by atoms with Crippen molar-refractivity contribution >= 4 is 15.9 Å². The van der Waals surface area contributed by atoms with E-state index >= 15 is 0 Å². The summed E-state index contributed by atoms with van der Waals surface area (Å²) in [5.74, 6) is 0. The van der Waals surface area contributed by atoms with E-state index in [1.165, 1.54) is 36.4 Å². The fourth-order valence-electron chi connectivity index (χ4n) is 2.14. The molecule has 1 atom stereocenters. The van der Waals surface area contributed by atoms with Crippen molar-refractivity contribution in [2.24, 2.45) is 0 Å². The molecular formula is C15H12BrF3O. The summed E-state index contributed by atoms with van der Waals surface area (Å²) in [6.07, 6.45) is -4.81. The highest BCUT2D eigenvalue weighted by atomic mass is 79.9. The molecule has 0 saturated heterocycles. The number of alkyl halides is 3. The Morgan fingerprint density at radius 3 is 2.00 bits per heavy atom. The molecule has 0 aliphatic heterocycles. The van der Waals surface area contributed by atoms with Crippen LogP contribution < -0.4 is 0 Å². The standard InChI is InChI=1S/C15H12BrF3O/c1-10-4-2-3-5-13(10)14(20,15(17,18)19)11-6-8-12(16)9-7-11/h2-9,20H,1H3. The Hall–Kier alpha value is -1.33. The summed E-state index contributed by atoms with van der Waals surface area (Å²) in [6, 6.07) is 11.5. The molecule has 0 bridgehead atoms. The van der Waals surface area contributed by atoms with E-state index in [4.69, 9.17) is 0 Å². The highest BCUT2D eigenvalue weighted by Gasteiger charge is 2.56. The molecule has 0 radical (unpaired) electrons. The second-order valence-electron chi connectivity index (χ2n) is 4.53. The lowest BCUT2D eigenvalue weighted by Crippen LogP contribution is -2.43. The van der Waals surface area contributed by atoms with E-state index < -0.39 is 11.8 Å². The van der Waals surface area contributed by atoms with Crippen molar-refractivity contribution in [3.63, 3.8) is 0 Å². The van der Waals surface area contributed by atoms with Gasteiger partial charge in [-0.3, -0.25) is 0 Å². The number of aryl methyl sites for hydroxylation is 1. The molecule has 2 aromatic carbocycles. The third-order valence-corrected chi connectivity index (χ3v) is 3.74. The number of aliphatic hydroxyl groups is 1. The van der Waals surface area contributed by atoms with Crippen LogP contribution in [0.25, 0.3) is 0 Å². The first-order valence-electron chi connectivity index (χ1n) is 5.88. The van der Waals surface area contributed by atoms with Crippen molar-refractivity contribution in [2.45, 2.75) is 18.7 Å². The summed E-state index contributed by atoms with van der Waals surface area (Å²) in [7, 11) is 0. The monoisotopic (exact) mass is 344 g/mol. The number of benzene rings is 2. The summed E-state index contributed by atoms with van der Waals surface area (Å²) in [6.45, 7) is 1.55. The predicted molar refractivity (Wildman–Crippen MR) is 74.4 cm³/mol. The lowest BCUT2D eigenvalue weighted by molar-refractivity contribution is -0.248. The van der Waals surface area contributed by atoms with Crippen molar-refractivity contribution in [2.75, 3.05) is 0 Å². The van der Waals surface area contributed by atoms with Crippen LogP contribution in [0.15, 0.2) is 53.0 Å². The van der Waals surface area contributed by atoms with Gasteiger partial charge < -0.3 is 5.11 Å². The van der Waals surface area contributed by atoms with E-state index in [9.17, 15) is 18.3 Å². The van der Waals surface area contributed by atoms with Gasteiger partial charge in [-0.2, -0.15) is 13.2 Å². The highest BCUT2D eigenvalue weighted by molar-refractivity contribution is 9.10. The van der Waals surface area contributed by atoms with Gasteiger partial charge in [0.05, 0.1) is 0 Å². The van der Waals surface area contributed by atoms with Crippen LogP contribution >= 0.6 is 15.9 Å². The lowest BCUT2D eigenvalue weighted by atomic mass is 9.83. The van der Waals surface area contributed by atoms with Crippen LogP contribution in [-0.2, 0) is 5.60 Å². The van der Waals surface area contributed by atoms with Gasteiger partial charge in [0, 0.05) is 10.0 Å². The van der Waals surface area contributed by atoms with Gasteiger partial charge in [0.1, 0.15) is 0 Å². The van der Waals surface area contributed by atoms with Crippen LogP contribution in [0.2, 0.25) is 0 Å². The maximum absolute atomic E-state index is 13.5. The minimum atomic E-state index is -4.81. The third-order valence-electron chi connectivity index (χ3n) is 3.21. The van der Waals surface area contributed by atoms with Crippen LogP contribution in [0.4, 0.5) is 13.2 Å². The van der Waals surface area contributed by atoms with Gasteiger partial charge in [-0.05, 0) is 30.2 Å². The number of rotatable bonds is 2. The number of halogens is 4. The van der Waals surface area contributed by atoms with Crippen molar-refractivity contribution in [3.8, 4) is 0 Å². The second kappa shape index (κ2) is 5.22. The Morgan fingerprint density at radius 2 is 1.50 bits per heavy atom. The zero-order chi connectivity index (χ0) is 15.0. The fraction of sp³-hybridized carbons (Fsp3) is 0.200. The Bertz CT molecular complexity index is 607. The molecule has 0 fully saturated rings. The van der Waals surface area contributed by atoms with Crippen molar-refractivity contribution in [1.29, 1.82) is 0 Å². The molecule has 0 saturated carbocycles. The zero-order valence-electron chi connectivity index (χ0n) is 10.6. The molecule has 2 aromatic rings. The van der Waals surface area contributed by atoms with E-state index in [0.29, 0.717) is 10.0 Å². The van der Waals surface area contributed by atoms with Crippen LogP contribution in [0.3, 0.4) is 0 Å². The van der Waals surface area contributed by atoms with E-state index in [-0.39, 0.29) is 11.1 Å². The maximum Gasteiger partial charge on any atom is 0.425 e. The number of hydrogen-bond acceptors (Lipinski definition) is 1. The second-order valence-corrected chi connectivity index (χ2v) is 5.45. The average molecular weight is 345 g/mol. The van der Waals surface area contributed by atoms with E-state index in [2.05, 4.69) is 15.9 Å². The van der Waals surface area contributed by atoms with Crippen LogP contribution in [0, 0.1) is 6.92 Å². The maximum atomic E-state index is 13.5. The van der Waals surface area contributed by atoms with E-state index in [1.54, 1.807) is 19.1 Å². The molecule has 1 unspecified atom stereocenters. The normalized spacial score (nSPS) is 14.9. The summed E-state index contributed by atoms with van der Waals surface area (Å²) >= 11 is 3.17. The molecule has 0 spiro atoms. The van der Waals surface area contributed by atoms with Crippen LogP contribution in [-0.4, -0.2) is 11.3 Å². The molecule has 106 valence electrons. The first-order valence-corrected chi connectivity index (χ1v) is 6.67. The third kappa shape index (κ3) is 2.47.